The molecule has 0 radical (unpaired) electrons. The highest BCUT2D eigenvalue weighted by Gasteiger charge is 2.45. The van der Waals surface area contributed by atoms with Gasteiger partial charge in [-0.25, -0.2) is 4.98 Å². The average molecular weight is 323 g/mol. The summed E-state index contributed by atoms with van der Waals surface area (Å²) < 4.78 is 12.6. The highest BCUT2D eigenvalue weighted by atomic mass is 16.6. The molecule has 0 amide bonds. The SMILES string of the molecule is C=CCOC1C(O)C(CO)OC1n1cnc2c(=O)[nH]c(N)nc21. The summed E-state index contributed by atoms with van der Waals surface area (Å²) in [5.41, 5.74) is 5.38. The van der Waals surface area contributed by atoms with E-state index < -0.39 is 30.1 Å². The fraction of sp³-hybridized carbons (Fsp3) is 0.462. The van der Waals surface area contributed by atoms with Gasteiger partial charge in [-0.15, -0.1) is 6.58 Å². The zero-order valence-electron chi connectivity index (χ0n) is 12.1. The summed E-state index contributed by atoms with van der Waals surface area (Å²) in [7, 11) is 0. The summed E-state index contributed by atoms with van der Waals surface area (Å²) in [6, 6.07) is 0. The number of rotatable bonds is 5. The van der Waals surface area contributed by atoms with Crippen molar-refractivity contribution in [3.63, 3.8) is 0 Å². The molecule has 0 saturated carbocycles. The van der Waals surface area contributed by atoms with E-state index in [2.05, 4.69) is 21.5 Å². The predicted octanol–water partition coefficient (Wildman–Crippen LogP) is -1.48. The van der Waals surface area contributed by atoms with Crippen molar-refractivity contribution in [2.45, 2.75) is 24.5 Å². The molecule has 3 heterocycles. The van der Waals surface area contributed by atoms with Gasteiger partial charge >= 0.3 is 0 Å². The highest BCUT2D eigenvalue weighted by Crippen LogP contribution is 2.33. The summed E-state index contributed by atoms with van der Waals surface area (Å²) in [5, 5.41) is 19.6. The lowest BCUT2D eigenvalue weighted by Gasteiger charge is -2.21. The van der Waals surface area contributed by atoms with Gasteiger partial charge in [0.1, 0.15) is 18.3 Å². The largest absolute Gasteiger partial charge is 0.394 e. The first-order valence-corrected chi connectivity index (χ1v) is 6.96. The van der Waals surface area contributed by atoms with E-state index in [-0.39, 0.29) is 30.3 Å². The van der Waals surface area contributed by atoms with Crippen LogP contribution in [0.4, 0.5) is 5.95 Å². The zero-order chi connectivity index (χ0) is 16.6. The van der Waals surface area contributed by atoms with Crippen LogP contribution in [0.3, 0.4) is 0 Å². The Balaban J connectivity index is 2.05. The van der Waals surface area contributed by atoms with Gasteiger partial charge in [-0.1, -0.05) is 6.08 Å². The number of hydrogen-bond acceptors (Lipinski definition) is 8. The number of imidazole rings is 1. The molecule has 23 heavy (non-hydrogen) atoms. The molecule has 124 valence electrons. The van der Waals surface area contributed by atoms with Crippen molar-refractivity contribution >= 4 is 17.1 Å². The summed E-state index contributed by atoms with van der Waals surface area (Å²) >= 11 is 0. The number of nitrogen functional groups attached to an aromatic ring is 1. The third-order valence-electron chi connectivity index (χ3n) is 3.62. The van der Waals surface area contributed by atoms with Crippen LogP contribution in [-0.2, 0) is 9.47 Å². The fourth-order valence-corrected chi connectivity index (χ4v) is 2.58. The standard InChI is InChI=1S/C13H17N5O5/c1-2-3-22-9-8(20)6(4-19)23-12(9)18-5-15-7-10(18)16-13(14)17-11(7)21/h2,5-6,8-9,12,19-20H,1,3-4H2,(H3,14,16,17,21). The molecule has 0 spiro atoms. The van der Waals surface area contributed by atoms with Gasteiger partial charge < -0.3 is 25.4 Å². The first kappa shape index (κ1) is 15.6. The van der Waals surface area contributed by atoms with Gasteiger partial charge in [0.05, 0.1) is 19.5 Å². The van der Waals surface area contributed by atoms with Crippen LogP contribution in [0.2, 0.25) is 0 Å². The second-order valence-corrected chi connectivity index (χ2v) is 5.10. The summed E-state index contributed by atoms with van der Waals surface area (Å²) in [6.45, 7) is 3.36. The van der Waals surface area contributed by atoms with Gasteiger partial charge in [-0.3, -0.25) is 14.3 Å². The Kier molecular flexibility index (Phi) is 4.13. The van der Waals surface area contributed by atoms with Crippen LogP contribution < -0.4 is 11.3 Å². The lowest BCUT2D eigenvalue weighted by molar-refractivity contribution is -0.0645. The van der Waals surface area contributed by atoms with E-state index in [1.807, 2.05) is 0 Å². The number of aliphatic hydroxyl groups is 2. The van der Waals surface area contributed by atoms with Crippen LogP contribution in [0.25, 0.3) is 11.2 Å². The fourth-order valence-electron chi connectivity index (χ4n) is 2.58. The Morgan fingerprint density at radius 2 is 2.39 bits per heavy atom. The van der Waals surface area contributed by atoms with Crippen molar-refractivity contribution in [2.75, 3.05) is 18.9 Å². The van der Waals surface area contributed by atoms with Crippen molar-refractivity contribution in [3.05, 3.63) is 29.3 Å². The molecular weight excluding hydrogens is 306 g/mol. The molecule has 1 aliphatic rings. The minimum atomic E-state index is -1.05. The molecule has 2 aromatic rings. The Labute approximate surface area is 130 Å². The second kappa shape index (κ2) is 6.08. The smallest absolute Gasteiger partial charge is 0.280 e. The van der Waals surface area contributed by atoms with Crippen molar-refractivity contribution < 1.29 is 19.7 Å². The first-order chi connectivity index (χ1) is 11.1. The second-order valence-electron chi connectivity index (χ2n) is 5.10. The number of nitrogens with zero attached hydrogens (tertiary/aromatic N) is 3. The Morgan fingerprint density at radius 3 is 3.09 bits per heavy atom. The Hall–Kier alpha value is -2.27. The minimum absolute atomic E-state index is 0.0648. The first-order valence-electron chi connectivity index (χ1n) is 6.96. The quantitative estimate of drug-likeness (QED) is 0.487. The van der Waals surface area contributed by atoms with Crippen molar-refractivity contribution in [2.24, 2.45) is 0 Å². The van der Waals surface area contributed by atoms with Gasteiger partial charge in [-0.05, 0) is 0 Å². The van der Waals surface area contributed by atoms with Crippen LogP contribution in [0.15, 0.2) is 23.8 Å². The van der Waals surface area contributed by atoms with Gasteiger partial charge in [0.15, 0.2) is 17.4 Å². The van der Waals surface area contributed by atoms with E-state index >= 15 is 0 Å². The van der Waals surface area contributed by atoms with Crippen molar-refractivity contribution in [1.82, 2.24) is 19.5 Å². The number of H-pyrrole nitrogens is 1. The molecule has 3 rings (SSSR count). The zero-order valence-corrected chi connectivity index (χ0v) is 12.1. The molecule has 2 aromatic heterocycles. The number of ether oxygens (including phenoxy) is 2. The number of fused-ring (bicyclic) bond motifs is 1. The van der Waals surface area contributed by atoms with Crippen molar-refractivity contribution in [3.8, 4) is 0 Å². The Morgan fingerprint density at radius 1 is 1.61 bits per heavy atom. The van der Waals surface area contributed by atoms with E-state index in [9.17, 15) is 15.0 Å². The minimum Gasteiger partial charge on any atom is -0.394 e. The third kappa shape index (κ3) is 2.61. The number of aliphatic hydroxyl groups excluding tert-OH is 2. The van der Waals surface area contributed by atoms with Gasteiger partial charge in [0.2, 0.25) is 5.95 Å². The molecule has 10 heteroatoms. The van der Waals surface area contributed by atoms with Crippen LogP contribution >= 0.6 is 0 Å². The topological polar surface area (TPSA) is 149 Å². The van der Waals surface area contributed by atoms with Crippen LogP contribution in [0.1, 0.15) is 6.23 Å². The summed E-state index contributed by atoms with van der Waals surface area (Å²) in [4.78, 5) is 22.2. The van der Waals surface area contributed by atoms with Crippen LogP contribution in [0.5, 0.6) is 0 Å². The van der Waals surface area contributed by atoms with Crippen LogP contribution in [0, 0.1) is 0 Å². The molecule has 0 bridgehead atoms. The van der Waals surface area contributed by atoms with E-state index in [4.69, 9.17) is 15.2 Å². The normalized spacial score (nSPS) is 27.6. The molecule has 0 aromatic carbocycles. The number of anilines is 1. The van der Waals surface area contributed by atoms with Crippen molar-refractivity contribution in [1.29, 1.82) is 0 Å². The number of nitrogens with two attached hydrogens (primary N) is 1. The summed E-state index contributed by atoms with van der Waals surface area (Å²) in [5.74, 6) is -0.0648. The molecule has 4 atom stereocenters. The maximum Gasteiger partial charge on any atom is 0.280 e. The number of aromatic amines is 1. The summed E-state index contributed by atoms with van der Waals surface area (Å²) in [6.07, 6.45) is -0.601. The number of nitrogens with one attached hydrogen (secondary N) is 1. The van der Waals surface area contributed by atoms with Gasteiger partial charge in [0, 0.05) is 0 Å². The molecule has 1 fully saturated rings. The van der Waals surface area contributed by atoms with E-state index in [1.54, 1.807) is 0 Å². The predicted molar refractivity (Wildman–Crippen MR) is 79.5 cm³/mol. The molecule has 0 aliphatic carbocycles. The molecule has 4 unspecified atom stereocenters. The van der Waals surface area contributed by atoms with E-state index in [0.29, 0.717) is 0 Å². The Bertz CT molecular complexity index is 772. The van der Waals surface area contributed by atoms with Gasteiger partial charge in [-0.2, -0.15) is 4.98 Å². The van der Waals surface area contributed by atoms with E-state index in [0.717, 1.165) is 0 Å². The number of hydrogen-bond donors (Lipinski definition) is 4. The average Bonchev–Trinajstić information content (AvgIpc) is 3.06. The maximum atomic E-state index is 11.8. The number of aromatic nitrogens is 4. The highest BCUT2D eigenvalue weighted by molar-refractivity contribution is 5.70. The molecular formula is C13H17N5O5. The molecule has 1 aliphatic heterocycles. The lowest BCUT2D eigenvalue weighted by atomic mass is 10.1. The molecule has 10 nitrogen and oxygen atoms in total. The third-order valence-corrected chi connectivity index (χ3v) is 3.62. The molecule has 1 saturated heterocycles. The lowest BCUT2D eigenvalue weighted by Crippen LogP contribution is -2.35. The molecule has 5 N–H and O–H groups in total. The maximum absolute atomic E-state index is 11.8. The monoisotopic (exact) mass is 323 g/mol. The van der Waals surface area contributed by atoms with Crippen LogP contribution in [-0.4, -0.2) is 61.3 Å². The van der Waals surface area contributed by atoms with Gasteiger partial charge in [0.25, 0.3) is 5.56 Å². The van der Waals surface area contributed by atoms with E-state index in [1.165, 1.54) is 17.0 Å².